The second-order valence-corrected chi connectivity index (χ2v) is 8.68. The zero-order valence-corrected chi connectivity index (χ0v) is 14.8. The minimum absolute atomic E-state index is 0. The summed E-state index contributed by atoms with van der Waals surface area (Å²) in [5.74, 6) is 0.373. The number of hydrogen-bond donors (Lipinski definition) is 2. The van der Waals surface area contributed by atoms with E-state index in [4.69, 9.17) is 5.73 Å². The highest BCUT2D eigenvalue weighted by Crippen LogP contribution is 2.39. The van der Waals surface area contributed by atoms with Crippen LogP contribution in [0, 0.1) is 5.92 Å². The Hall–Kier alpha value is -0.220. The van der Waals surface area contributed by atoms with Crippen LogP contribution < -0.4 is 5.73 Å². The molecule has 0 aliphatic heterocycles. The molecule has 1 aliphatic carbocycles. The Bertz CT molecular complexity index is 441. The van der Waals surface area contributed by atoms with Gasteiger partial charge in [-0.25, -0.2) is 0 Å². The molecule has 1 saturated carbocycles. The normalized spacial score (nSPS) is 19.1. The number of aliphatic hydroxyl groups excluding tert-OH is 1. The number of benzene rings is 1. The van der Waals surface area contributed by atoms with E-state index < -0.39 is 6.10 Å². The van der Waals surface area contributed by atoms with Crippen molar-refractivity contribution in [2.75, 3.05) is 0 Å². The Morgan fingerprint density at radius 1 is 1.19 bits per heavy atom. The molecule has 0 radical (unpaired) electrons. The molecule has 2 rings (SSSR count). The molecule has 3 N–H and O–H groups in total. The van der Waals surface area contributed by atoms with Gasteiger partial charge in [-0.1, -0.05) is 51.8 Å². The van der Waals surface area contributed by atoms with Crippen molar-refractivity contribution in [1.29, 1.82) is 0 Å². The van der Waals surface area contributed by atoms with Crippen LogP contribution in [0.15, 0.2) is 29.2 Å². The van der Waals surface area contributed by atoms with Gasteiger partial charge in [0.2, 0.25) is 0 Å². The Labute approximate surface area is 139 Å². The Morgan fingerprint density at radius 3 is 2.33 bits per heavy atom. The number of hydrogen-bond acceptors (Lipinski definition) is 3. The van der Waals surface area contributed by atoms with Gasteiger partial charge in [-0.3, -0.25) is 0 Å². The zero-order valence-electron chi connectivity index (χ0n) is 13.2. The molecule has 0 amide bonds. The van der Waals surface area contributed by atoms with Crippen LogP contribution in [-0.2, 0) is 0 Å². The highest BCUT2D eigenvalue weighted by Gasteiger charge is 2.30. The van der Waals surface area contributed by atoms with Crippen molar-refractivity contribution in [2.24, 2.45) is 11.7 Å². The van der Waals surface area contributed by atoms with Gasteiger partial charge in [-0.15, -0.1) is 24.2 Å². The van der Waals surface area contributed by atoms with Gasteiger partial charge in [0.05, 0.1) is 12.1 Å². The zero-order chi connectivity index (χ0) is 14.8. The number of nitrogens with two attached hydrogens (primary N) is 1. The summed E-state index contributed by atoms with van der Waals surface area (Å²) in [5.41, 5.74) is 7.46. The van der Waals surface area contributed by atoms with Crippen molar-refractivity contribution < 1.29 is 5.11 Å². The van der Waals surface area contributed by atoms with Gasteiger partial charge >= 0.3 is 0 Å². The fourth-order valence-electron chi connectivity index (χ4n) is 2.95. The van der Waals surface area contributed by atoms with Crippen LogP contribution >= 0.6 is 24.2 Å². The SMILES string of the molecule is CC(C)(C)Sc1ccccc1[C@H](N)[C@H](O)C1CCCC1.Cl. The lowest BCUT2D eigenvalue weighted by atomic mass is 9.91. The van der Waals surface area contributed by atoms with E-state index in [0.29, 0.717) is 5.92 Å². The molecular formula is C17H28ClNOS. The fourth-order valence-corrected chi connectivity index (χ4v) is 4.08. The molecule has 1 aromatic rings. The summed E-state index contributed by atoms with van der Waals surface area (Å²) in [7, 11) is 0. The molecule has 4 heteroatoms. The summed E-state index contributed by atoms with van der Waals surface area (Å²) >= 11 is 1.82. The maximum absolute atomic E-state index is 10.6. The molecule has 0 saturated heterocycles. The van der Waals surface area contributed by atoms with Crippen LogP contribution in [0.5, 0.6) is 0 Å². The lowest BCUT2D eigenvalue weighted by molar-refractivity contribution is 0.0837. The molecule has 0 aromatic heterocycles. The largest absolute Gasteiger partial charge is 0.391 e. The molecule has 120 valence electrons. The second-order valence-electron chi connectivity index (χ2n) is 6.81. The number of halogens is 1. The summed E-state index contributed by atoms with van der Waals surface area (Å²) in [4.78, 5) is 1.20. The van der Waals surface area contributed by atoms with Crippen molar-refractivity contribution >= 4 is 24.2 Å². The van der Waals surface area contributed by atoms with E-state index in [1.807, 2.05) is 23.9 Å². The van der Waals surface area contributed by atoms with E-state index >= 15 is 0 Å². The first-order valence-electron chi connectivity index (χ1n) is 7.60. The summed E-state index contributed by atoms with van der Waals surface area (Å²) < 4.78 is 0.147. The lowest BCUT2D eigenvalue weighted by Crippen LogP contribution is -2.32. The van der Waals surface area contributed by atoms with Gasteiger partial charge in [-0.2, -0.15) is 0 Å². The highest BCUT2D eigenvalue weighted by atomic mass is 35.5. The van der Waals surface area contributed by atoms with Gasteiger partial charge in [-0.05, 0) is 30.4 Å². The summed E-state index contributed by atoms with van der Waals surface area (Å²) in [5, 5.41) is 10.6. The molecule has 0 heterocycles. The minimum atomic E-state index is -0.417. The Kier molecular flexibility index (Phi) is 7.05. The number of thioether (sulfide) groups is 1. The monoisotopic (exact) mass is 329 g/mol. The topological polar surface area (TPSA) is 46.2 Å². The van der Waals surface area contributed by atoms with Crippen LogP contribution in [0.1, 0.15) is 58.1 Å². The maximum Gasteiger partial charge on any atom is 0.0761 e. The van der Waals surface area contributed by atoms with Gasteiger partial charge in [0.1, 0.15) is 0 Å². The molecule has 2 atom stereocenters. The van der Waals surface area contributed by atoms with E-state index in [-0.39, 0.29) is 23.2 Å². The van der Waals surface area contributed by atoms with E-state index in [1.54, 1.807) is 0 Å². The maximum atomic E-state index is 10.6. The quantitative estimate of drug-likeness (QED) is 0.796. The molecule has 1 aliphatic rings. The fraction of sp³-hybridized carbons (Fsp3) is 0.647. The van der Waals surface area contributed by atoms with Crippen molar-refractivity contribution in [2.45, 2.75) is 68.2 Å². The van der Waals surface area contributed by atoms with Crippen LogP contribution in [0.3, 0.4) is 0 Å². The van der Waals surface area contributed by atoms with E-state index in [2.05, 4.69) is 32.9 Å². The summed E-state index contributed by atoms with van der Waals surface area (Å²) in [6.45, 7) is 6.61. The minimum Gasteiger partial charge on any atom is -0.391 e. The standard InChI is InChI=1S/C17H27NOS.ClH/c1-17(2,3)20-14-11-7-6-10-13(14)15(18)16(19)12-8-4-5-9-12;/h6-7,10-12,15-16,19H,4-5,8-9,18H2,1-3H3;1H/t15-,16+;/m0./s1. The first-order valence-corrected chi connectivity index (χ1v) is 8.42. The van der Waals surface area contributed by atoms with Gasteiger partial charge < -0.3 is 10.8 Å². The molecular weight excluding hydrogens is 302 g/mol. The molecule has 2 nitrogen and oxygen atoms in total. The van der Waals surface area contributed by atoms with Crippen LogP contribution in [-0.4, -0.2) is 16.0 Å². The third-order valence-electron chi connectivity index (χ3n) is 3.95. The predicted molar refractivity (Wildman–Crippen MR) is 94.2 cm³/mol. The summed E-state index contributed by atoms with van der Waals surface area (Å²) in [6, 6.07) is 7.97. The summed E-state index contributed by atoms with van der Waals surface area (Å²) in [6.07, 6.45) is 4.27. The second kappa shape index (κ2) is 7.87. The van der Waals surface area contributed by atoms with Gasteiger partial charge in [0.25, 0.3) is 0 Å². The third-order valence-corrected chi connectivity index (χ3v) is 5.15. The Balaban J connectivity index is 0.00000220. The van der Waals surface area contributed by atoms with E-state index in [9.17, 15) is 5.11 Å². The van der Waals surface area contributed by atoms with Crippen molar-refractivity contribution in [1.82, 2.24) is 0 Å². The molecule has 0 unspecified atom stereocenters. The van der Waals surface area contributed by atoms with Crippen LogP contribution in [0.4, 0.5) is 0 Å². The first-order chi connectivity index (χ1) is 9.38. The molecule has 1 fully saturated rings. The average Bonchev–Trinajstić information content (AvgIpc) is 2.89. The lowest BCUT2D eigenvalue weighted by Gasteiger charge is -2.28. The number of aliphatic hydroxyl groups is 1. The number of rotatable bonds is 4. The highest BCUT2D eigenvalue weighted by molar-refractivity contribution is 8.00. The molecule has 21 heavy (non-hydrogen) atoms. The van der Waals surface area contributed by atoms with E-state index in [1.165, 1.54) is 17.7 Å². The van der Waals surface area contributed by atoms with Crippen molar-refractivity contribution in [3.05, 3.63) is 29.8 Å². The van der Waals surface area contributed by atoms with E-state index in [0.717, 1.165) is 18.4 Å². The van der Waals surface area contributed by atoms with Crippen molar-refractivity contribution in [3.8, 4) is 0 Å². The smallest absolute Gasteiger partial charge is 0.0761 e. The third kappa shape index (κ3) is 5.17. The predicted octanol–water partition coefficient (Wildman–Crippen LogP) is 4.55. The molecule has 0 bridgehead atoms. The Morgan fingerprint density at radius 2 is 1.76 bits per heavy atom. The molecule has 1 aromatic carbocycles. The van der Waals surface area contributed by atoms with Crippen LogP contribution in [0.2, 0.25) is 0 Å². The van der Waals surface area contributed by atoms with Gasteiger partial charge in [0, 0.05) is 9.64 Å². The average molecular weight is 330 g/mol. The van der Waals surface area contributed by atoms with Crippen molar-refractivity contribution in [3.63, 3.8) is 0 Å². The molecule has 0 spiro atoms. The van der Waals surface area contributed by atoms with Crippen LogP contribution in [0.25, 0.3) is 0 Å². The van der Waals surface area contributed by atoms with Gasteiger partial charge in [0.15, 0.2) is 0 Å². The first kappa shape index (κ1) is 18.8.